The minimum absolute atomic E-state index is 0.197. The minimum atomic E-state index is -1.20. The standard InChI is InChI=1S/C27H24N4O3/c32-25(30-21-12-11-18-13-14-29-22(18)15-21)23-16-28-17-24-26(33)34-27(31(23)24,19-7-3-1-4-8-19)20-9-5-2-6-10-20/h1-15,23-24,28-29H,16-17H2,(H,30,32). The molecule has 0 spiro atoms. The van der Waals surface area contributed by atoms with Gasteiger partial charge in [-0.2, -0.15) is 0 Å². The Kier molecular flexibility index (Phi) is 4.94. The van der Waals surface area contributed by atoms with Gasteiger partial charge in [0.25, 0.3) is 0 Å². The van der Waals surface area contributed by atoms with Crippen LogP contribution in [0.4, 0.5) is 5.69 Å². The van der Waals surface area contributed by atoms with E-state index in [2.05, 4.69) is 15.6 Å². The number of fused-ring (bicyclic) bond motifs is 2. The summed E-state index contributed by atoms with van der Waals surface area (Å²) in [4.78, 5) is 32.0. The molecule has 2 aliphatic heterocycles. The molecular weight excluding hydrogens is 428 g/mol. The molecule has 3 aromatic carbocycles. The highest BCUT2D eigenvalue weighted by Gasteiger charge is 2.60. The van der Waals surface area contributed by atoms with E-state index < -0.39 is 17.8 Å². The van der Waals surface area contributed by atoms with Crippen molar-refractivity contribution >= 4 is 28.5 Å². The first-order valence-corrected chi connectivity index (χ1v) is 11.4. The molecule has 34 heavy (non-hydrogen) atoms. The molecule has 7 heteroatoms. The van der Waals surface area contributed by atoms with E-state index >= 15 is 0 Å². The van der Waals surface area contributed by atoms with Crippen LogP contribution >= 0.6 is 0 Å². The molecule has 3 N–H and O–H groups in total. The molecule has 0 bridgehead atoms. The van der Waals surface area contributed by atoms with Crippen LogP contribution in [0.3, 0.4) is 0 Å². The van der Waals surface area contributed by atoms with Crippen LogP contribution < -0.4 is 10.6 Å². The third-order valence-electron chi connectivity index (χ3n) is 6.69. The zero-order valence-corrected chi connectivity index (χ0v) is 18.4. The highest BCUT2D eigenvalue weighted by atomic mass is 16.6. The number of piperazine rings is 1. The number of amides is 1. The Hall–Kier alpha value is -3.94. The second-order valence-corrected chi connectivity index (χ2v) is 8.66. The van der Waals surface area contributed by atoms with Crippen molar-refractivity contribution in [2.75, 3.05) is 18.4 Å². The van der Waals surface area contributed by atoms with E-state index in [1.54, 1.807) is 0 Å². The lowest BCUT2D eigenvalue weighted by Gasteiger charge is -2.44. The quantitative estimate of drug-likeness (QED) is 0.414. The molecule has 7 nitrogen and oxygen atoms in total. The largest absolute Gasteiger partial charge is 0.434 e. The SMILES string of the molecule is O=C(Nc1ccc2cc[nH]c2c1)C1CNCC2C(=O)OC(c3ccccc3)(c3ccccc3)N12. The highest BCUT2D eigenvalue weighted by Crippen LogP contribution is 2.45. The van der Waals surface area contributed by atoms with Crippen LogP contribution in [0.15, 0.2) is 91.1 Å². The normalized spacial score (nSPS) is 21.7. The molecule has 2 saturated heterocycles. The van der Waals surface area contributed by atoms with Crippen molar-refractivity contribution in [1.82, 2.24) is 15.2 Å². The van der Waals surface area contributed by atoms with Crippen LogP contribution in [0.2, 0.25) is 0 Å². The average Bonchev–Trinajstić information content (AvgIpc) is 3.47. The molecule has 170 valence electrons. The lowest BCUT2D eigenvalue weighted by molar-refractivity contribution is -0.152. The van der Waals surface area contributed by atoms with Crippen LogP contribution in [0.5, 0.6) is 0 Å². The van der Waals surface area contributed by atoms with Gasteiger partial charge in [0.2, 0.25) is 11.6 Å². The summed E-state index contributed by atoms with van der Waals surface area (Å²) in [7, 11) is 0. The maximum Gasteiger partial charge on any atom is 0.327 e. The smallest absolute Gasteiger partial charge is 0.327 e. The molecule has 1 aromatic heterocycles. The molecule has 3 heterocycles. The summed E-state index contributed by atoms with van der Waals surface area (Å²) in [6, 6.07) is 25.8. The van der Waals surface area contributed by atoms with Crippen LogP contribution in [-0.4, -0.2) is 46.9 Å². The number of rotatable bonds is 4. The number of hydrogen-bond donors (Lipinski definition) is 3. The first kappa shape index (κ1) is 20.7. The number of aromatic nitrogens is 1. The lowest BCUT2D eigenvalue weighted by atomic mass is 9.90. The van der Waals surface area contributed by atoms with Gasteiger partial charge in [0.05, 0.1) is 0 Å². The predicted octanol–water partition coefficient (Wildman–Crippen LogP) is 3.21. The van der Waals surface area contributed by atoms with Crippen molar-refractivity contribution < 1.29 is 14.3 Å². The summed E-state index contributed by atoms with van der Waals surface area (Å²) in [5, 5.41) is 7.39. The maximum absolute atomic E-state index is 13.7. The molecule has 4 aromatic rings. The van der Waals surface area contributed by atoms with E-state index in [9.17, 15) is 9.59 Å². The van der Waals surface area contributed by atoms with Crippen molar-refractivity contribution in [2.24, 2.45) is 0 Å². The Labute approximate surface area is 196 Å². The van der Waals surface area contributed by atoms with E-state index in [1.807, 2.05) is 96.0 Å². The number of hydrogen-bond acceptors (Lipinski definition) is 5. The van der Waals surface area contributed by atoms with Crippen molar-refractivity contribution in [1.29, 1.82) is 0 Å². The number of H-pyrrole nitrogens is 1. The van der Waals surface area contributed by atoms with Gasteiger partial charge in [-0.3, -0.25) is 9.59 Å². The Morgan fingerprint density at radius 1 is 0.941 bits per heavy atom. The maximum atomic E-state index is 13.7. The molecule has 2 fully saturated rings. The molecule has 2 aliphatic rings. The first-order valence-electron chi connectivity index (χ1n) is 11.4. The Morgan fingerprint density at radius 3 is 2.35 bits per heavy atom. The third-order valence-corrected chi connectivity index (χ3v) is 6.69. The topological polar surface area (TPSA) is 86.5 Å². The molecule has 1 amide bonds. The summed E-state index contributed by atoms with van der Waals surface area (Å²) < 4.78 is 6.21. The summed E-state index contributed by atoms with van der Waals surface area (Å²) in [5.74, 6) is -0.539. The number of carbonyl (C=O) groups excluding carboxylic acids is 2. The average molecular weight is 453 g/mol. The Morgan fingerprint density at radius 2 is 1.65 bits per heavy atom. The van der Waals surface area contributed by atoms with E-state index in [-0.39, 0.29) is 11.9 Å². The molecule has 0 saturated carbocycles. The van der Waals surface area contributed by atoms with Crippen LogP contribution in [0.1, 0.15) is 11.1 Å². The Balaban J connectivity index is 1.43. The summed E-state index contributed by atoms with van der Waals surface area (Å²) >= 11 is 0. The van der Waals surface area contributed by atoms with Crippen molar-refractivity contribution in [3.8, 4) is 0 Å². The van der Waals surface area contributed by atoms with Gasteiger partial charge in [-0.25, -0.2) is 4.90 Å². The van der Waals surface area contributed by atoms with Crippen molar-refractivity contribution in [3.63, 3.8) is 0 Å². The molecule has 0 aliphatic carbocycles. The second kappa shape index (κ2) is 8.13. The number of ether oxygens (including phenoxy) is 1. The van der Waals surface area contributed by atoms with Gasteiger partial charge in [0.1, 0.15) is 12.1 Å². The van der Waals surface area contributed by atoms with Crippen LogP contribution in [0.25, 0.3) is 10.9 Å². The number of carbonyl (C=O) groups is 2. The zero-order valence-electron chi connectivity index (χ0n) is 18.4. The monoisotopic (exact) mass is 452 g/mol. The van der Waals surface area contributed by atoms with E-state index in [4.69, 9.17) is 4.74 Å². The third kappa shape index (κ3) is 3.21. The first-order chi connectivity index (χ1) is 16.7. The summed E-state index contributed by atoms with van der Waals surface area (Å²) in [6.07, 6.45) is 1.87. The summed E-state index contributed by atoms with van der Waals surface area (Å²) in [5.41, 5.74) is 2.06. The number of aromatic amines is 1. The van der Waals surface area contributed by atoms with E-state index in [1.165, 1.54) is 0 Å². The van der Waals surface area contributed by atoms with Gasteiger partial charge in [0.15, 0.2) is 0 Å². The van der Waals surface area contributed by atoms with Gasteiger partial charge >= 0.3 is 5.97 Å². The second-order valence-electron chi connectivity index (χ2n) is 8.66. The fourth-order valence-electron chi connectivity index (χ4n) is 5.15. The number of nitrogens with one attached hydrogen (secondary N) is 3. The fraction of sp³-hybridized carbons (Fsp3) is 0.185. The van der Waals surface area contributed by atoms with Gasteiger partial charge in [-0.1, -0.05) is 66.7 Å². The molecule has 2 unspecified atom stereocenters. The lowest BCUT2D eigenvalue weighted by Crippen LogP contribution is -2.65. The summed E-state index contributed by atoms with van der Waals surface area (Å²) in [6.45, 7) is 0.809. The molecule has 6 rings (SSSR count). The number of nitrogens with zero attached hydrogens (tertiary/aromatic N) is 1. The predicted molar refractivity (Wildman–Crippen MR) is 129 cm³/mol. The zero-order chi connectivity index (χ0) is 23.1. The van der Waals surface area contributed by atoms with E-state index in [0.29, 0.717) is 18.8 Å². The minimum Gasteiger partial charge on any atom is -0.434 e. The van der Waals surface area contributed by atoms with Gasteiger partial charge in [0, 0.05) is 41.6 Å². The number of benzene rings is 3. The molecule has 0 radical (unpaired) electrons. The van der Waals surface area contributed by atoms with Crippen LogP contribution in [0, 0.1) is 0 Å². The van der Waals surface area contributed by atoms with Gasteiger partial charge in [-0.15, -0.1) is 0 Å². The van der Waals surface area contributed by atoms with Crippen LogP contribution in [-0.2, 0) is 20.1 Å². The van der Waals surface area contributed by atoms with Crippen molar-refractivity contribution in [3.05, 3.63) is 102 Å². The number of anilines is 1. The number of esters is 1. The molecule has 2 atom stereocenters. The Bertz CT molecular complexity index is 1310. The van der Waals surface area contributed by atoms with Gasteiger partial charge in [-0.05, 0) is 23.6 Å². The highest BCUT2D eigenvalue weighted by molar-refractivity contribution is 5.98. The van der Waals surface area contributed by atoms with Gasteiger partial charge < -0.3 is 20.4 Å². The number of cyclic esters (lactones) is 1. The van der Waals surface area contributed by atoms with E-state index in [0.717, 1.165) is 22.0 Å². The fourth-order valence-corrected chi connectivity index (χ4v) is 5.15. The molecular formula is C27H24N4O3. The van der Waals surface area contributed by atoms with Crippen molar-refractivity contribution in [2.45, 2.75) is 17.8 Å².